The van der Waals surface area contributed by atoms with Gasteiger partial charge in [0.15, 0.2) is 0 Å². The molecule has 0 atom stereocenters. The van der Waals surface area contributed by atoms with Crippen molar-refractivity contribution in [3.8, 4) is 5.75 Å². The largest absolute Gasteiger partial charge is 0.494 e. The highest BCUT2D eigenvalue weighted by Gasteiger charge is 2.06. The molecule has 22 heavy (non-hydrogen) atoms. The fraction of sp³-hybridized carbons (Fsp3) is 0.312. The summed E-state index contributed by atoms with van der Waals surface area (Å²) in [4.78, 5) is 20.0. The molecule has 2 rings (SSSR count). The number of hydrogen-bond acceptors (Lipinski definition) is 5. The van der Waals surface area contributed by atoms with Crippen LogP contribution in [0.25, 0.3) is 0 Å². The Kier molecular flexibility index (Phi) is 5.71. The van der Waals surface area contributed by atoms with Crippen molar-refractivity contribution >= 4 is 17.5 Å². The van der Waals surface area contributed by atoms with Gasteiger partial charge in [0.1, 0.15) is 5.75 Å². The smallest absolute Gasteiger partial charge is 0.254 e. The number of ether oxygens (including phenoxy) is 1. The van der Waals surface area contributed by atoms with E-state index in [1.54, 1.807) is 0 Å². The second-order valence-corrected chi connectivity index (χ2v) is 4.63. The van der Waals surface area contributed by atoms with Crippen LogP contribution in [0.15, 0.2) is 36.7 Å². The minimum absolute atomic E-state index is 0.158. The molecule has 0 spiro atoms. The molecule has 0 aliphatic carbocycles. The molecule has 0 fully saturated rings. The van der Waals surface area contributed by atoms with E-state index in [9.17, 15) is 4.79 Å². The highest BCUT2D eigenvalue weighted by Crippen LogP contribution is 2.18. The Balaban J connectivity index is 1.97. The quantitative estimate of drug-likeness (QED) is 0.822. The second kappa shape index (κ2) is 7.97. The molecule has 116 valence electrons. The van der Waals surface area contributed by atoms with Crippen molar-refractivity contribution in [2.45, 2.75) is 20.3 Å². The van der Waals surface area contributed by atoms with E-state index < -0.39 is 0 Å². The molecule has 0 aliphatic heterocycles. The van der Waals surface area contributed by atoms with Gasteiger partial charge < -0.3 is 15.4 Å². The Morgan fingerprint density at radius 3 is 2.41 bits per heavy atom. The maximum absolute atomic E-state index is 11.7. The van der Waals surface area contributed by atoms with E-state index in [0.29, 0.717) is 24.7 Å². The molecule has 2 aromatic rings. The first kappa shape index (κ1) is 15.8. The summed E-state index contributed by atoms with van der Waals surface area (Å²) < 4.78 is 5.38. The van der Waals surface area contributed by atoms with Crippen molar-refractivity contribution < 1.29 is 9.53 Å². The van der Waals surface area contributed by atoms with Gasteiger partial charge in [-0.3, -0.25) is 4.79 Å². The molecule has 0 aliphatic rings. The zero-order valence-electron chi connectivity index (χ0n) is 12.8. The number of benzene rings is 1. The van der Waals surface area contributed by atoms with E-state index in [1.165, 1.54) is 12.4 Å². The Labute approximate surface area is 129 Å². The number of amides is 1. The van der Waals surface area contributed by atoms with Gasteiger partial charge in [-0.25, -0.2) is 9.97 Å². The normalized spacial score (nSPS) is 10.1. The van der Waals surface area contributed by atoms with Crippen LogP contribution in [0.3, 0.4) is 0 Å². The average molecular weight is 300 g/mol. The van der Waals surface area contributed by atoms with Gasteiger partial charge in [0.05, 0.1) is 12.2 Å². The van der Waals surface area contributed by atoms with Crippen LogP contribution >= 0.6 is 0 Å². The van der Waals surface area contributed by atoms with Crippen molar-refractivity contribution in [3.63, 3.8) is 0 Å². The predicted octanol–water partition coefficient (Wildman–Crippen LogP) is 2.76. The summed E-state index contributed by atoms with van der Waals surface area (Å²) in [7, 11) is 0. The molecule has 1 aromatic carbocycles. The van der Waals surface area contributed by atoms with E-state index in [4.69, 9.17) is 4.74 Å². The van der Waals surface area contributed by atoms with Gasteiger partial charge in [0.25, 0.3) is 5.91 Å². The number of anilines is 2. The van der Waals surface area contributed by atoms with E-state index in [-0.39, 0.29) is 5.91 Å². The zero-order valence-corrected chi connectivity index (χ0v) is 12.8. The summed E-state index contributed by atoms with van der Waals surface area (Å²) >= 11 is 0. The first-order chi connectivity index (χ1) is 10.7. The number of carbonyl (C=O) groups is 1. The fourth-order valence-corrected chi connectivity index (χ4v) is 1.78. The first-order valence-corrected chi connectivity index (χ1v) is 7.33. The fourth-order valence-electron chi connectivity index (χ4n) is 1.78. The van der Waals surface area contributed by atoms with Crippen LogP contribution in [0.2, 0.25) is 0 Å². The highest BCUT2D eigenvalue weighted by atomic mass is 16.5. The van der Waals surface area contributed by atoms with Gasteiger partial charge >= 0.3 is 0 Å². The molecule has 6 nitrogen and oxygen atoms in total. The highest BCUT2D eigenvalue weighted by molar-refractivity contribution is 5.93. The number of carbonyl (C=O) groups excluding carboxylic acids is 1. The third-order valence-corrected chi connectivity index (χ3v) is 2.87. The molecular formula is C16H20N4O2. The lowest BCUT2D eigenvalue weighted by Gasteiger charge is -2.07. The van der Waals surface area contributed by atoms with Crippen molar-refractivity contribution in [2.75, 3.05) is 18.5 Å². The van der Waals surface area contributed by atoms with Crippen molar-refractivity contribution in [1.29, 1.82) is 0 Å². The number of rotatable bonds is 7. The summed E-state index contributed by atoms with van der Waals surface area (Å²) in [5.74, 6) is 1.10. The van der Waals surface area contributed by atoms with Gasteiger partial charge in [-0.1, -0.05) is 6.92 Å². The molecule has 0 unspecified atom stereocenters. The molecular weight excluding hydrogens is 280 g/mol. The van der Waals surface area contributed by atoms with Crippen LogP contribution in [0.5, 0.6) is 5.75 Å². The van der Waals surface area contributed by atoms with Crippen LogP contribution in [0.1, 0.15) is 30.6 Å². The molecule has 6 heteroatoms. The van der Waals surface area contributed by atoms with E-state index in [1.807, 2.05) is 38.1 Å². The summed E-state index contributed by atoms with van der Waals surface area (Å²) in [6.07, 6.45) is 3.91. The minimum Gasteiger partial charge on any atom is -0.494 e. The zero-order chi connectivity index (χ0) is 15.8. The molecule has 0 radical (unpaired) electrons. The van der Waals surface area contributed by atoms with E-state index >= 15 is 0 Å². The third-order valence-electron chi connectivity index (χ3n) is 2.87. The maximum atomic E-state index is 11.7. The van der Waals surface area contributed by atoms with Gasteiger partial charge in [0, 0.05) is 24.6 Å². The Bertz CT molecular complexity index is 597. The van der Waals surface area contributed by atoms with E-state index in [0.717, 1.165) is 17.9 Å². The topological polar surface area (TPSA) is 76.1 Å². The van der Waals surface area contributed by atoms with Crippen LogP contribution in [0.4, 0.5) is 11.6 Å². The lowest BCUT2D eigenvalue weighted by atomic mass is 10.3. The van der Waals surface area contributed by atoms with Gasteiger partial charge in [0.2, 0.25) is 5.95 Å². The molecule has 2 N–H and O–H groups in total. The van der Waals surface area contributed by atoms with Crippen molar-refractivity contribution in [1.82, 2.24) is 15.3 Å². The standard InChI is InChI=1S/C16H20N4O2/c1-3-9-17-15(21)12-10-18-16(19-11-12)20-13-5-7-14(8-6-13)22-4-2/h5-8,10-11H,3-4,9H2,1-2H3,(H,17,21)(H,18,19,20). The lowest BCUT2D eigenvalue weighted by Crippen LogP contribution is -2.24. The number of hydrogen-bond donors (Lipinski definition) is 2. The van der Waals surface area contributed by atoms with Crippen LogP contribution < -0.4 is 15.4 Å². The first-order valence-electron chi connectivity index (χ1n) is 7.33. The molecule has 1 heterocycles. The maximum Gasteiger partial charge on any atom is 0.254 e. The van der Waals surface area contributed by atoms with E-state index in [2.05, 4.69) is 20.6 Å². The van der Waals surface area contributed by atoms with Crippen LogP contribution in [-0.2, 0) is 0 Å². The Hall–Kier alpha value is -2.63. The average Bonchev–Trinajstić information content (AvgIpc) is 2.55. The Morgan fingerprint density at radius 1 is 1.14 bits per heavy atom. The van der Waals surface area contributed by atoms with Gasteiger partial charge in [-0.2, -0.15) is 0 Å². The lowest BCUT2D eigenvalue weighted by molar-refractivity contribution is 0.0953. The van der Waals surface area contributed by atoms with Crippen LogP contribution in [-0.4, -0.2) is 29.0 Å². The summed E-state index contributed by atoms with van der Waals surface area (Å²) in [6, 6.07) is 7.52. The third kappa shape index (κ3) is 4.44. The second-order valence-electron chi connectivity index (χ2n) is 4.63. The predicted molar refractivity (Wildman–Crippen MR) is 85.5 cm³/mol. The molecule has 0 saturated carbocycles. The summed E-state index contributed by atoms with van der Waals surface area (Å²) in [6.45, 7) is 5.22. The Morgan fingerprint density at radius 2 is 1.82 bits per heavy atom. The molecule has 1 amide bonds. The monoisotopic (exact) mass is 300 g/mol. The molecule has 0 bridgehead atoms. The summed E-state index contributed by atoms with van der Waals surface area (Å²) in [5, 5.41) is 5.86. The van der Waals surface area contributed by atoms with Crippen molar-refractivity contribution in [3.05, 3.63) is 42.2 Å². The molecule has 1 aromatic heterocycles. The van der Waals surface area contributed by atoms with Gasteiger partial charge in [-0.15, -0.1) is 0 Å². The van der Waals surface area contributed by atoms with Crippen molar-refractivity contribution in [2.24, 2.45) is 0 Å². The van der Waals surface area contributed by atoms with Crippen LogP contribution in [0, 0.1) is 0 Å². The molecule has 0 saturated heterocycles. The number of nitrogens with zero attached hydrogens (tertiary/aromatic N) is 2. The SMILES string of the molecule is CCCNC(=O)c1cnc(Nc2ccc(OCC)cc2)nc1. The number of aromatic nitrogens is 2. The number of nitrogens with one attached hydrogen (secondary N) is 2. The van der Waals surface area contributed by atoms with Gasteiger partial charge in [-0.05, 0) is 37.6 Å². The summed E-state index contributed by atoms with van der Waals surface area (Å²) in [5.41, 5.74) is 1.30. The minimum atomic E-state index is -0.158.